The van der Waals surface area contributed by atoms with Gasteiger partial charge in [0.05, 0.1) is 24.5 Å². The van der Waals surface area contributed by atoms with Gasteiger partial charge in [-0.15, -0.1) is 11.3 Å². The fraction of sp³-hybridized carbons (Fsp3) is 0.235. The van der Waals surface area contributed by atoms with Crippen LogP contribution in [0.15, 0.2) is 44.6 Å². The summed E-state index contributed by atoms with van der Waals surface area (Å²) in [5.74, 6) is 1.12. The number of benzene rings is 1. The summed E-state index contributed by atoms with van der Waals surface area (Å²) in [6, 6.07) is 9.35. The summed E-state index contributed by atoms with van der Waals surface area (Å²) in [5.41, 5.74) is 2.45. The molecule has 0 fully saturated rings. The maximum absolute atomic E-state index is 11.5. The smallest absolute Gasteiger partial charge is 0.311 e. The first-order valence-corrected chi connectivity index (χ1v) is 9.82. The third-order valence-electron chi connectivity index (χ3n) is 3.20. The summed E-state index contributed by atoms with van der Waals surface area (Å²) >= 11 is 8.94. The van der Waals surface area contributed by atoms with Crippen molar-refractivity contribution in [3.8, 4) is 11.3 Å². The number of hydrogen-bond donors (Lipinski definition) is 0. The second-order valence-electron chi connectivity index (χ2n) is 5.06. The predicted molar refractivity (Wildman–Crippen MR) is 99.0 cm³/mol. The molecule has 1 aromatic carbocycles. The van der Waals surface area contributed by atoms with Crippen molar-refractivity contribution in [2.24, 2.45) is 0 Å². The van der Waals surface area contributed by atoms with Gasteiger partial charge in [-0.1, -0.05) is 40.7 Å². The quantitative estimate of drug-likeness (QED) is 0.421. The van der Waals surface area contributed by atoms with Gasteiger partial charge in [0.1, 0.15) is 11.5 Å². The highest BCUT2D eigenvalue weighted by Crippen LogP contribution is 2.28. The lowest BCUT2D eigenvalue weighted by molar-refractivity contribution is -0.142. The van der Waals surface area contributed by atoms with Gasteiger partial charge < -0.3 is 9.26 Å². The van der Waals surface area contributed by atoms with E-state index in [0.717, 1.165) is 27.1 Å². The molecule has 25 heavy (non-hydrogen) atoms. The number of carbonyl (C=O) groups excluding carboxylic acids is 1. The minimum absolute atomic E-state index is 0.202. The van der Waals surface area contributed by atoms with Crippen LogP contribution in [0.3, 0.4) is 0 Å². The minimum Gasteiger partial charge on any atom is -0.466 e. The number of esters is 1. The number of thioether (sulfide) groups is 1. The van der Waals surface area contributed by atoms with Crippen molar-refractivity contribution in [1.29, 1.82) is 0 Å². The Morgan fingerprint density at radius 1 is 1.36 bits per heavy atom. The molecule has 130 valence electrons. The van der Waals surface area contributed by atoms with Gasteiger partial charge in [0.2, 0.25) is 0 Å². The van der Waals surface area contributed by atoms with Gasteiger partial charge in [-0.3, -0.25) is 4.79 Å². The zero-order valence-electron chi connectivity index (χ0n) is 13.4. The molecule has 0 atom stereocenters. The van der Waals surface area contributed by atoms with E-state index in [1.165, 1.54) is 11.3 Å². The van der Waals surface area contributed by atoms with E-state index in [1.54, 1.807) is 18.7 Å². The molecule has 3 aromatic rings. The fourth-order valence-electron chi connectivity index (χ4n) is 2.07. The molecule has 8 heteroatoms. The number of ether oxygens (including phenoxy) is 1. The molecule has 0 radical (unpaired) electrons. The third-order valence-corrected chi connectivity index (χ3v) is 5.54. The molecule has 3 rings (SSSR count). The molecule has 0 N–H and O–H groups in total. The standard InChI is InChI=1S/C17H15ClN2O3S2/c1-2-22-16(21)7-13-9-24-17(19-13)25-10-14-8-15(20-23-14)11-3-5-12(18)6-4-11/h3-6,8-9H,2,7,10H2,1H3. The lowest BCUT2D eigenvalue weighted by atomic mass is 10.1. The van der Waals surface area contributed by atoms with Crippen molar-refractivity contribution >= 4 is 40.7 Å². The molecule has 0 aliphatic carbocycles. The molecule has 5 nitrogen and oxygen atoms in total. The van der Waals surface area contributed by atoms with Gasteiger partial charge in [-0.25, -0.2) is 4.98 Å². The molecule has 0 bridgehead atoms. The van der Waals surface area contributed by atoms with E-state index in [-0.39, 0.29) is 12.4 Å². The molecule has 0 saturated heterocycles. The Morgan fingerprint density at radius 3 is 2.92 bits per heavy atom. The largest absolute Gasteiger partial charge is 0.466 e. The van der Waals surface area contributed by atoms with E-state index in [4.69, 9.17) is 20.9 Å². The van der Waals surface area contributed by atoms with Crippen LogP contribution < -0.4 is 0 Å². The molecule has 0 aliphatic heterocycles. The van der Waals surface area contributed by atoms with Gasteiger partial charge in [0.15, 0.2) is 4.34 Å². The second-order valence-corrected chi connectivity index (χ2v) is 7.58. The zero-order valence-corrected chi connectivity index (χ0v) is 15.8. The summed E-state index contributed by atoms with van der Waals surface area (Å²) in [6.45, 7) is 2.17. The average Bonchev–Trinajstić information content (AvgIpc) is 3.23. The molecule has 0 saturated carbocycles. The van der Waals surface area contributed by atoms with Crippen molar-refractivity contribution in [3.05, 3.63) is 52.2 Å². The first kappa shape index (κ1) is 18.0. The highest BCUT2D eigenvalue weighted by molar-refractivity contribution is 8.00. The van der Waals surface area contributed by atoms with Gasteiger partial charge in [0, 0.05) is 22.0 Å². The van der Waals surface area contributed by atoms with Crippen LogP contribution in [0.4, 0.5) is 0 Å². The molecule has 0 spiro atoms. The van der Waals surface area contributed by atoms with E-state index in [1.807, 2.05) is 35.7 Å². The lowest BCUT2D eigenvalue weighted by Gasteiger charge is -1.98. The number of rotatable bonds is 7. The van der Waals surface area contributed by atoms with E-state index in [0.29, 0.717) is 17.4 Å². The van der Waals surface area contributed by atoms with Crippen molar-refractivity contribution < 1.29 is 14.1 Å². The van der Waals surface area contributed by atoms with Crippen LogP contribution in [0.2, 0.25) is 5.02 Å². The topological polar surface area (TPSA) is 65.2 Å². The number of halogens is 1. The molecule has 0 amide bonds. The van der Waals surface area contributed by atoms with E-state index in [2.05, 4.69) is 10.1 Å². The second kappa shape index (κ2) is 8.51. The fourth-order valence-corrected chi connectivity index (χ4v) is 3.91. The molecule has 2 aromatic heterocycles. The Labute approximate surface area is 158 Å². The average molecular weight is 395 g/mol. The Morgan fingerprint density at radius 2 is 2.16 bits per heavy atom. The Kier molecular flexibility index (Phi) is 6.12. The summed E-state index contributed by atoms with van der Waals surface area (Å²) in [7, 11) is 0. The Bertz CT molecular complexity index is 846. The van der Waals surface area contributed by atoms with Crippen LogP contribution in [-0.4, -0.2) is 22.7 Å². The van der Waals surface area contributed by atoms with Crippen LogP contribution in [0, 0.1) is 0 Å². The molecular weight excluding hydrogens is 380 g/mol. The monoisotopic (exact) mass is 394 g/mol. The van der Waals surface area contributed by atoms with Crippen molar-refractivity contribution in [1.82, 2.24) is 10.1 Å². The van der Waals surface area contributed by atoms with E-state index < -0.39 is 0 Å². The van der Waals surface area contributed by atoms with Crippen LogP contribution in [0.1, 0.15) is 18.4 Å². The molecular formula is C17H15ClN2O3S2. The Balaban J connectivity index is 1.56. The van der Waals surface area contributed by atoms with Gasteiger partial charge in [-0.05, 0) is 19.1 Å². The number of nitrogens with zero attached hydrogens (tertiary/aromatic N) is 2. The van der Waals surface area contributed by atoms with E-state index in [9.17, 15) is 4.79 Å². The van der Waals surface area contributed by atoms with Crippen LogP contribution in [0.5, 0.6) is 0 Å². The first-order valence-electron chi connectivity index (χ1n) is 7.58. The summed E-state index contributed by atoms with van der Waals surface area (Å²) in [6.07, 6.45) is 0.202. The van der Waals surface area contributed by atoms with Crippen molar-refractivity contribution in [3.63, 3.8) is 0 Å². The molecule has 0 aliphatic rings. The highest BCUT2D eigenvalue weighted by Gasteiger charge is 2.11. The summed E-state index contributed by atoms with van der Waals surface area (Å²) in [4.78, 5) is 15.9. The minimum atomic E-state index is -0.257. The van der Waals surface area contributed by atoms with Crippen LogP contribution in [0.25, 0.3) is 11.3 Å². The normalized spacial score (nSPS) is 10.8. The van der Waals surface area contributed by atoms with Gasteiger partial charge in [0.25, 0.3) is 0 Å². The zero-order chi connectivity index (χ0) is 17.6. The lowest BCUT2D eigenvalue weighted by Crippen LogP contribution is -2.07. The third kappa shape index (κ3) is 5.07. The Hall–Kier alpha value is -1.83. The number of hydrogen-bond acceptors (Lipinski definition) is 7. The van der Waals surface area contributed by atoms with Crippen LogP contribution in [-0.2, 0) is 21.7 Å². The highest BCUT2D eigenvalue weighted by atomic mass is 35.5. The maximum Gasteiger partial charge on any atom is 0.311 e. The van der Waals surface area contributed by atoms with E-state index >= 15 is 0 Å². The SMILES string of the molecule is CCOC(=O)Cc1csc(SCc2cc(-c3ccc(Cl)cc3)no2)n1. The maximum atomic E-state index is 11.5. The summed E-state index contributed by atoms with van der Waals surface area (Å²) in [5, 5.41) is 6.64. The molecule has 2 heterocycles. The van der Waals surface area contributed by atoms with Crippen molar-refractivity contribution in [2.75, 3.05) is 6.61 Å². The van der Waals surface area contributed by atoms with Gasteiger partial charge >= 0.3 is 5.97 Å². The first-order chi connectivity index (χ1) is 12.1. The number of thiazole rings is 1. The predicted octanol–water partition coefficient (Wildman–Crippen LogP) is 4.85. The number of aromatic nitrogens is 2. The van der Waals surface area contributed by atoms with Crippen LogP contribution >= 0.6 is 34.7 Å². The molecule has 0 unspecified atom stereocenters. The number of carbonyl (C=O) groups is 1. The van der Waals surface area contributed by atoms with Crippen molar-refractivity contribution in [2.45, 2.75) is 23.4 Å². The summed E-state index contributed by atoms with van der Waals surface area (Å²) < 4.78 is 11.2. The van der Waals surface area contributed by atoms with Gasteiger partial charge in [-0.2, -0.15) is 0 Å².